The summed E-state index contributed by atoms with van der Waals surface area (Å²) in [6.45, 7) is 1.97. The maximum atomic E-state index is 10.7. The summed E-state index contributed by atoms with van der Waals surface area (Å²) in [5.41, 5.74) is 0. The molecule has 2 saturated carbocycles. The molecule has 2 fully saturated rings. The summed E-state index contributed by atoms with van der Waals surface area (Å²) in [6, 6.07) is 0.510. The van der Waals surface area contributed by atoms with E-state index >= 15 is 0 Å². The number of thioether (sulfide) groups is 1. The Hall–Kier alpha value is -1.04. The van der Waals surface area contributed by atoms with Gasteiger partial charge in [-0.05, 0) is 44.4 Å². The molecule has 0 radical (unpaired) electrons. The average Bonchev–Trinajstić information content (AvgIpc) is 3.20. The lowest BCUT2D eigenvalue weighted by Crippen LogP contribution is -2.16. The normalized spacial score (nSPS) is 19.4. The number of nitrogens with zero attached hydrogens (tertiary/aromatic N) is 3. The fraction of sp³-hybridized carbons (Fsp3) is 0.750. The zero-order valence-corrected chi connectivity index (χ0v) is 11.2. The molecule has 1 aromatic heterocycles. The molecule has 0 atom stereocenters. The predicted molar refractivity (Wildman–Crippen MR) is 67.6 cm³/mol. The number of aliphatic carboxylic acids is 1. The predicted octanol–water partition coefficient (Wildman–Crippen LogP) is 2.12. The van der Waals surface area contributed by atoms with E-state index in [9.17, 15) is 4.79 Å². The van der Waals surface area contributed by atoms with Crippen molar-refractivity contribution in [3.63, 3.8) is 0 Å². The van der Waals surface area contributed by atoms with Gasteiger partial charge in [-0.3, -0.25) is 4.79 Å². The van der Waals surface area contributed by atoms with Gasteiger partial charge >= 0.3 is 5.97 Å². The van der Waals surface area contributed by atoms with E-state index in [0.29, 0.717) is 6.04 Å². The van der Waals surface area contributed by atoms with Gasteiger partial charge in [-0.1, -0.05) is 11.8 Å². The lowest BCUT2D eigenvalue weighted by molar-refractivity contribution is -0.133. The van der Waals surface area contributed by atoms with E-state index < -0.39 is 5.97 Å². The van der Waals surface area contributed by atoms with Crippen LogP contribution < -0.4 is 0 Å². The minimum Gasteiger partial charge on any atom is -0.481 e. The summed E-state index contributed by atoms with van der Waals surface area (Å²) in [5, 5.41) is 17.8. The van der Waals surface area contributed by atoms with Crippen LogP contribution in [0.1, 0.15) is 37.5 Å². The number of aryl methyl sites for hydroxylation is 1. The second kappa shape index (κ2) is 4.57. The number of carboxylic acid groups (broad SMARTS) is 1. The maximum Gasteiger partial charge on any atom is 0.313 e. The van der Waals surface area contributed by atoms with Crippen molar-refractivity contribution in [1.82, 2.24) is 14.8 Å². The van der Waals surface area contributed by atoms with Gasteiger partial charge in [0.2, 0.25) is 0 Å². The molecule has 0 bridgehead atoms. The first-order chi connectivity index (χ1) is 8.66. The van der Waals surface area contributed by atoms with Crippen molar-refractivity contribution in [2.24, 2.45) is 11.8 Å². The van der Waals surface area contributed by atoms with Gasteiger partial charge in [-0.15, -0.1) is 10.2 Å². The highest BCUT2D eigenvalue weighted by Crippen LogP contribution is 2.53. The third kappa shape index (κ3) is 2.39. The second-order valence-electron chi connectivity index (χ2n) is 5.25. The smallest absolute Gasteiger partial charge is 0.313 e. The monoisotopic (exact) mass is 267 g/mol. The molecule has 3 rings (SSSR count). The zero-order valence-electron chi connectivity index (χ0n) is 10.4. The van der Waals surface area contributed by atoms with Crippen LogP contribution in [-0.4, -0.2) is 31.6 Å². The molecule has 0 aliphatic heterocycles. The van der Waals surface area contributed by atoms with Crippen LogP contribution in [0.3, 0.4) is 0 Å². The Morgan fingerprint density at radius 3 is 2.50 bits per heavy atom. The van der Waals surface area contributed by atoms with Gasteiger partial charge in [0.15, 0.2) is 5.16 Å². The molecule has 5 nitrogen and oxygen atoms in total. The Bertz CT molecular complexity index is 454. The van der Waals surface area contributed by atoms with E-state index in [-0.39, 0.29) is 5.75 Å². The van der Waals surface area contributed by atoms with E-state index in [4.69, 9.17) is 5.11 Å². The highest BCUT2D eigenvalue weighted by molar-refractivity contribution is 7.99. The number of hydrogen-bond donors (Lipinski definition) is 1. The third-order valence-electron chi connectivity index (χ3n) is 3.67. The van der Waals surface area contributed by atoms with Crippen molar-refractivity contribution in [1.29, 1.82) is 0 Å². The molecule has 2 aliphatic rings. The Morgan fingerprint density at radius 1 is 1.39 bits per heavy atom. The van der Waals surface area contributed by atoms with Crippen molar-refractivity contribution in [3.8, 4) is 0 Å². The van der Waals surface area contributed by atoms with Crippen LogP contribution in [0, 0.1) is 18.8 Å². The largest absolute Gasteiger partial charge is 0.481 e. The first-order valence-corrected chi connectivity index (χ1v) is 7.41. The quantitative estimate of drug-likeness (QED) is 0.800. The van der Waals surface area contributed by atoms with Gasteiger partial charge in [0, 0.05) is 6.04 Å². The molecule has 18 heavy (non-hydrogen) atoms. The Balaban J connectivity index is 1.84. The number of aromatic nitrogens is 3. The lowest BCUT2D eigenvalue weighted by Gasteiger charge is -2.20. The number of carbonyl (C=O) groups is 1. The fourth-order valence-corrected chi connectivity index (χ4v) is 3.34. The summed E-state index contributed by atoms with van der Waals surface area (Å²) in [4.78, 5) is 10.7. The van der Waals surface area contributed by atoms with Crippen LogP contribution in [-0.2, 0) is 4.79 Å². The minimum absolute atomic E-state index is 0.0557. The number of rotatable bonds is 6. The Kier molecular flexibility index (Phi) is 3.05. The van der Waals surface area contributed by atoms with Crippen LogP contribution >= 0.6 is 11.8 Å². The van der Waals surface area contributed by atoms with E-state index in [1.54, 1.807) is 0 Å². The molecule has 98 valence electrons. The molecule has 1 aromatic rings. The highest BCUT2D eigenvalue weighted by Gasteiger charge is 2.44. The summed E-state index contributed by atoms with van der Waals surface area (Å²) in [5.74, 6) is 1.70. The van der Waals surface area contributed by atoms with Gasteiger partial charge in [-0.2, -0.15) is 0 Å². The number of carboxylic acids is 1. The van der Waals surface area contributed by atoms with Gasteiger partial charge < -0.3 is 9.67 Å². The summed E-state index contributed by atoms with van der Waals surface area (Å²) < 4.78 is 2.20. The molecular formula is C12H17N3O2S. The van der Waals surface area contributed by atoms with Gasteiger partial charge in [0.1, 0.15) is 5.82 Å². The molecule has 0 spiro atoms. The molecule has 6 heteroatoms. The maximum absolute atomic E-state index is 10.7. The zero-order chi connectivity index (χ0) is 12.7. The first kappa shape index (κ1) is 12.0. The molecule has 0 unspecified atom stereocenters. The van der Waals surface area contributed by atoms with Crippen LogP contribution in [0.2, 0.25) is 0 Å². The first-order valence-electron chi connectivity index (χ1n) is 6.43. The molecule has 2 aliphatic carbocycles. The molecular weight excluding hydrogens is 250 g/mol. The van der Waals surface area contributed by atoms with Crippen molar-refractivity contribution in [2.75, 3.05) is 5.75 Å². The van der Waals surface area contributed by atoms with Gasteiger partial charge in [-0.25, -0.2) is 0 Å². The van der Waals surface area contributed by atoms with Crippen molar-refractivity contribution in [3.05, 3.63) is 5.82 Å². The summed E-state index contributed by atoms with van der Waals surface area (Å²) >= 11 is 1.28. The van der Waals surface area contributed by atoms with E-state index in [0.717, 1.165) is 22.8 Å². The molecule has 0 aromatic carbocycles. The average molecular weight is 267 g/mol. The van der Waals surface area contributed by atoms with Gasteiger partial charge in [0.05, 0.1) is 5.75 Å². The van der Waals surface area contributed by atoms with Gasteiger partial charge in [0.25, 0.3) is 0 Å². The van der Waals surface area contributed by atoms with Crippen molar-refractivity contribution < 1.29 is 9.90 Å². The topological polar surface area (TPSA) is 68.0 Å². The molecule has 0 saturated heterocycles. The SMILES string of the molecule is Cc1nnc(SCC(=O)O)n1C(C1CC1)C1CC1. The van der Waals surface area contributed by atoms with Crippen LogP contribution in [0.5, 0.6) is 0 Å². The van der Waals surface area contributed by atoms with Crippen LogP contribution in [0.25, 0.3) is 0 Å². The van der Waals surface area contributed by atoms with E-state index in [1.807, 2.05) is 6.92 Å². The standard InChI is InChI=1S/C12H17N3O2S/c1-7-13-14-12(18-6-10(16)17)15(7)11(8-2-3-8)9-4-5-9/h8-9,11H,2-6H2,1H3,(H,16,17). The minimum atomic E-state index is -0.804. The summed E-state index contributed by atoms with van der Waals surface area (Å²) in [6.07, 6.45) is 5.17. The molecule has 1 heterocycles. The van der Waals surface area contributed by atoms with Crippen LogP contribution in [0.15, 0.2) is 5.16 Å². The van der Waals surface area contributed by atoms with E-state index in [1.165, 1.54) is 37.4 Å². The molecule has 0 amide bonds. The van der Waals surface area contributed by atoms with E-state index in [2.05, 4.69) is 14.8 Å². The van der Waals surface area contributed by atoms with Crippen LogP contribution in [0.4, 0.5) is 0 Å². The van der Waals surface area contributed by atoms with Crippen molar-refractivity contribution in [2.45, 2.75) is 43.8 Å². The Morgan fingerprint density at radius 2 is 2.00 bits per heavy atom. The molecule has 1 N–H and O–H groups in total. The lowest BCUT2D eigenvalue weighted by atomic mass is 10.1. The second-order valence-corrected chi connectivity index (χ2v) is 6.19. The highest BCUT2D eigenvalue weighted by atomic mass is 32.2. The number of hydrogen-bond acceptors (Lipinski definition) is 4. The summed E-state index contributed by atoms with van der Waals surface area (Å²) in [7, 11) is 0. The Labute approximate surface area is 110 Å². The fourth-order valence-electron chi connectivity index (χ4n) is 2.60. The van der Waals surface area contributed by atoms with Crippen molar-refractivity contribution >= 4 is 17.7 Å². The third-order valence-corrected chi connectivity index (χ3v) is 4.60.